The number of nitrogens with one attached hydrogen (secondary N) is 1. The SMILES string of the molecule is CN(CCC(=O)O)C(=O)C[C@@H]1CCN2C[C@@H]1/C=C/COc1ccc(Br)cc1CNCC2=O. The molecule has 0 radical (unpaired) electrons. The Kier molecular flexibility index (Phi) is 8.69. The van der Waals surface area contributed by atoms with E-state index < -0.39 is 5.97 Å². The molecule has 1 saturated heterocycles. The fraction of sp³-hybridized carbons (Fsp3) is 0.522. The van der Waals surface area contributed by atoms with Crippen LogP contribution in [0.15, 0.2) is 34.8 Å². The molecule has 0 unspecified atom stereocenters. The van der Waals surface area contributed by atoms with Crippen LogP contribution in [0.5, 0.6) is 5.75 Å². The van der Waals surface area contributed by atoms with Crippen LogP contribution in [-0.4, -0.2) is 72.5 Å². The number of aliphatic carboxylic acids is 1. The molecule has 9 heteroatoms. The molecule has 2 amide bonds. The minimum absolute atomic E-state index is 0.0401. The Hall–Kier alpha value is -2.39. The molecule has 2 heterocycles. The molecule has 32 heavy (non-hydrogen) atoms. The maximum absolute atomic E-state index is 12.8. The highest BCUT2D eigenvalue weighted by Crippen LogP contribution is 2.29. The van der Waals surface area contributed by atoms with E-state index in [1.807, 2.05) is 29.2 Å². The van der Waals surface area contributed by atoms with Crippen molar-refractivity contribution in [1.82, 2.24) is 15.1 Å². The molecular weight excluding hydrogens is 478 g/mol. The van der Waals surface area contributed by atoms with Crippen LogP contribution in [0.3, 0.4) is 0 Å². The van der Waals surface area contributed by atoms with Gasteiger partial charge in [0.25, 0.3) is 0 Å². The van der Waals surface area contributed by atoms with Crippen LogP contribution in [0.2, 0.25) is 0 Å². The van der Waals surface area contributed by atoms with E-state index in [1.165, 1.54) is 4.90 Å². The first-order valence-corrected chi connectivity index (χ1v) is 11.6. The molecule has 3 rings (SSSR count). The molecule has 0 aliphatic carbocycles. The highest BCUT2D eigenvalue weighted by atomic mass is 79.9. The second kappa shape index (κ2) is 11.5. The maximum Gasteiger partial charge on any atom is 0.305 e. The van der Waals surface area contributed by atoms with Crippen molar-refractivity contribution in [2.45, 2.75) is 25.8 Å². The van der Waals surface area contributed by atoms with E-state index in [0.717, 1.165) is 22.2 Å². The van der Waals surface area contributed by atoms with Gasteiger partial charge in [0.2, 0.25) is 11.8 Å². The molecule has 2 atom stereocenters. The summed E-state index contributed by atoms with van der Waals surface area (Å²) in [6, 6.07) is 5.82. The van der Waals surface area contributed by atoms with Gasteiger partial charge in [-0.2, -0.15) is 0 Å². The first kappa shape index (κ1) is 24.3. The zero-order chi connectivity index (χ0) is 23.1. The number of hydrogen-bond donors (Lipinski definition) is 2. The lowest BCUT2D eigenvalue weighted by molar-refractivity contribution is -0.138. The largest absolute Gasteiger partial charge is 0.489 e. The topological polar surface area (TPSA) is 99.2 Å². The lowest BCUT2D eigenvalue weighted by Gasteiger charge is -2.37. The molecule has 1 aromatic carbocycles. The van der Waals surface area contributed by atoms with Gasteiger partial charge >= 0.3 is 5.97 Å². The van der Waals surface area contributed by atoms with Crippen LogP contribution in [-0.2, 0) is 20.9 Å². The molecular formula is C23H30BrN3O5. The van der Waals surface area contributed by atoms with Crippen molar-refractivity contribution in [2.75, 3.05) is 39.8 Å². The summed E-state index contributed by atoms with van der Waals surface area (Å²) in [5, 5.41) is 12.1. The van der Waals surface area contributed by atoms with Crippen molar-refractivity contribution < 1.29 is 24.2 Å². The van der Waals surface area contributed by atoms with Gasteiger partial charge in [-0.05, 0) is 36.5 Å². The number of hydrogen-bond acceptors (Lipinski definition) is 5. The maximum atomic E-state index is 12.8. The summed E-state index contributed by atoms with van der Waals surface area (Å²) >= 11 is 3.48. The van der Waals surface area contributed by atoms with Gasteiger partial charge in [0.15, 0.2) is 0 Å². The van der Waals surface area contributed by atoms with Crippen LogP contribution >= 0.6 is 15.9 Å². The van der Waals surface area contributed by atoms with E-state index in [-0.39, 0.29) is 43.2 Å². The van der Waals surface area contributed by atoms with E-state index in [9.17, 15) is 14.4 Å². The number of rotatable bonds is 5. The number of ether oxygens (including phenoxy) is 1. The average molecular weight is 508 g/mol. The monoisotopic (exact) mass is 507 g/mol. The van der Waals surface area contributed by atoms with Crippen molar-refractivity contribution in [3.05, 3.63) is 40.4 Å². The Morgan fingerprint density at radius 2 is 2.16 bits per heavy atom. The second-order valence-corrected chi connectivity index (χ2v) is 9.23. The van der Waals surface area contributed by atoms with E-state index in [0.29, 0.717) is 32.7 Å². The first-order chi connectivity index (χ1) is 15.3. The molecule has 1 aromatic rings. The highest BCUT2D eigenvalue weighted by Gasteiger charge is 2.32. The van der Waals surface area contributed by atoms with Crippen LogP contribution in [0.1, 0.15) is 24.8 Å². The van der Waals surface area contributed by atoms with Crippen LogP contribution in [0, 0.1) is 11.8 Å². The summed E-state index contributed by atoms with van der Waals surface area (Å²) in [4.78, 5) is 39.5. The first-order valence-electron chi connectivity index (χ1n) is 10.9. The van der Waals surface area contributed by atoms with Gasteiger partial charge in [-0.1, -0.05) is 28.1 Å². The average Bonchev–Trinajstić information content (AvgIpc) is 2.77. The Morgan fingerprint density at radius 3 is 2.94 bits per heavy atom. The van der Waals surface area contributed by atoms with Gasteiger partial charge in [-0.15, -0.1) is 0 Å². The van der Waals surface area contributed by atoms with E-state index in [1.54, 1.807) is 7.05 Å². The number of halogens is 1. The van der Waals surface area contributed by atoms with Gasteiger partial charge in [0.05, 0.1) is 13.0 Å². The molecule has 8 nitrogen and oxygen atoms in total. The van der Waals surface area contributed by atoms with E-state index in [4.69, 9.17) is 9.84 Å². The molecule has 2 aliphatic heterocycles. The second-order valence-electron chi connectivity index (χ2n) is 8.31. The Balaban J connectivity index is 1.70. The molecule has 0 spiro atoms. The number of carboxylic acids is 1. The van der Waals surface area contributed by atoms with Crippen molar-refractivity contribution >= 4 is 33.7 Å². The molecule has 0 saturated carbocycles. The zero-order valence-corrected chi connectivity index (χ0v) is 19.8. The number of carboxylic acid groups (broad SMARTS) is 1. The van der Waals surface area contributed by atoms with Gasteiger partial charge in [-0.3, -0.25) is 14.4 Å². The number of carbonyl (C=O) groups excluding carboxylic acids is 2. The van der Waals surface area contributed by atoms with Gasteiger partial charge in [-0.25, -0.2) is 0 Å². The minimum Gasteiger partial charge on any atom is -0.489 e. The number of carbonyl (C=O) groups is 3. The molecule has 2 aliphatic rings. The standard InChI is InChI=1S/C23H30BrN3O5/c1-26(8-7-23(30)31)21(28)12-16-6-9-27-15-17(16)3-2-10-32-20-5-4-19(24)11-18(20)13-25-14-22(27)29/h2-5,11,16-17,25H,6-10,12-15H2,1H3,(H,30,31)/b3-2+/t16-,17-/m0/s1. The van der Waals surface area contributed by atoms with E-state index in [2.05, 4.69) is 27.3 Å². The van der Waals surface area contributed by atoms with Crippen molar-refractivity contribution in [3.63, 3.8) is 0 Å². The third-order valence-corrected chi connectivity index (χ3v) is 6.51. The zero-order valence-electron chi connectivity index (χ0n) is 18.3. The molecule has 174 valence electrons. The van der Waals surface area contributed by atoms with Gasteiger partial charge in [0, 0.05) is 49.7 Å². The molecule has 0 aromatic heterocycles. The Labute approximate surface area is 196 Å². The summed E-state index contributed by atoms with van der Waals surface area (Å²) < 4.78 is 6.90. The van der Waals surface area contributed by atoms with Crippen LogP contribution in [0.4, 0.5) is 0 Å². The van der Waals surface area contributed by atoms with Gasteiger partial charge in [0.1, 0.15) is 12.4 Å². The van der Waals surface area contributed by atoms with Crippen molar-refractivity contribution in [1.29, 1.82) is 0 Å². The van der Waals surface area contributed by atoms with Crippen molar-refractivity contribution in [2.24, 2.45) is 11.8 Å². The predicted octanol–water partition coefficient (Wildman–Crippen LogP) is 2.28. The number of nitrogens with zero attached hydrogens (tertiary/aromatic N) is 2. The lowest BCUT2D eigenvalue weighted by atomic mass is 9.82. The quantitative estimate of drug-likeness (QED) is 0.593. The smallest absolute Gasteiger partial charge is 0.305 e. The third-order valence-electron chi connectivity index (χ3n) is 6.02. The Bertz CT molecular complexity index is 875. The predicted molar refractivity (Wildman–Crippen MR) is 123 cm³/mol. The number of amides is 2. The number of benzene rings is 1. The summed E-state index contributed by atoms with van der Waals surface area (Å²) in [6.07, 6.45) is 5.01. The van der Waals surface area contributed by atoms with Gasteiger partial charge < -0.3 is 25.0 Å². The fourth-order valence-corrected chi connectivity index (χ4v) is 4.52. The van der Waals surface area contributed by atoms with Crippen molar-refractivity contribution in [3.8, 4) is 5.75 Å². The van der Waals surface area contributed by atoms with E-state index >= 15 is 0 Å². The summed E-state index contributed by atoms with van der Waals surface area (Å²) in [7, 11) is 1.64. The third kappa shape index (κ3) is 6.80. The van der Waals surface area contributed by atoms with Crippen LogP contribution in [0.25, 0.3) is 0 Å². The molecule has 1 fully saturated rings. The normalized spacial score (nSPS) is 22.4. The number of piperidine rings is 1. The fourth-order valence-electron chi connectivity index (χ4n) is 4.11. The lowest BCUT2D eigenvalue weighted by Crippen LogP contribution is -2.47. The van der Waals surface area contributed by atoms with Crippen LogP contribution < -0.4 is 10.1 Å². The Morgan fingerprint density at radius 1 is 1.34 bits per heavy atom. The number of fused-ring (bicyclic) bond motifs is 3. The summed E-state index contributed by atoms with van der Waals surface area (Å²) in [6.45, 7) is 2.54. The molecule has 2 bridgehead atoms. The summed E-state index contributed by atoms with van der Waals surface area (Å²) in [5.74, 6) is -0.0350. The highest BCUT2D eigenvalue weighted by molar-refractivity contribution is 9.10. The minimum atomic E-state index is -0.919. The summed E-state index contributed by atoms with van der Waals surface area (Å²) in [5.41, 5.74) is 0.977. The molecule has 2 N–H and O–H groups in total.